The molecule has 0 aliphatic carbocycles. The highest BCUT2D eigenvalue weighted by atomic mass is 32.2. The third kappa shape index (κ3) is 4.55. The van der Waals surface area contributed by atoms with Crippen LogP contribution in [0.4, 0.5) is 4.39 Å². The molecule has 6 rings (SSSR count). The van der Waals surface area contributed by atoms with E-state index >= 15 is 0 Å². The molecule has 0 bridgehead atoms. The molecule has 6 aromatic rings. The second kappa shape index (κ2) is 8.84. The van der Waals surface area contributed by atoms with Crippen molar-refractivity contribution in [1.82, 2.24) is 39.8 Å². The van der Waals surface area contributed by atoms with Crippen LogP contribution in [0.3, 0.4) is 0 Å². The fourth-order valence-electron chi connectivity index (χ4n) is 4.22. The van der Waals surface area contributed by atoms with E-state index in [1.165, 1.54) is 12.1 Å². The summed E-state index contributed by atoms with van der Waals surface area (Å²) in [7, 11) is -3.42. The Morgan fingerprint density at radius 1 is 0.946 bits per heavy atom. The van der Waals surface area contributed by atoms with Crippen molar-refractivity contribution >= 4 is 32.0 Å². The van der Waals surface area contributed by atoms with Gasteiger partial charge in [-0.15, -0.1) is 0 Å². The molecule has 5 heterocycles. The van der Waals surface area contributed by atoms with Gasteiger partial charge in [0.25, 0.3) is 0 Å². The largest absolute Gasteiger partial charge is 0.338 e. The van der Waals surface area contributed by atoms with E-state index in [1.807, 2.05) is 12.1 Å². The summed E-state index contributed by atoms with van der Waals surface area (Å²) in [6, 6.07) is 10.1. The van der Waals surface area contributed by atoms with Crippen LogP contribution in [-0.4, -0.2) is 49.8 Å². The van der Waals surface area contributed by atoms with E-state index < -0.39 is 15.8 Å². The van der Waals surface area contributed by atoms with E-state index in [-0.39, 0.29) is 6.54 Å². The van der Waals surface area contributed by atoms with Crippen LogP contribution in [0.15, 0.2) is 67.4 Å². The number of H-pyrrole nitrogens is 2. The molecule has 12 heteroatoms. The molecule has 3 N–H and O–H groups in total. The van der Waals surface area contributed by atoms with E-state index in [4.69, 9.17) is 0 Å². The molecule has 0 unspecified atom stereocenters. The van der Waals surface area contributed by atoms with Gasteiger partial charge in [0, 0.05) is 35.9 Å². The molecule has 0 saturated carbocycles. The number of hydrogen-bond acceptors (Lipinski definition) is 7. The SMILES string of the molecule is CS(=O)(=O)NCc1cc(F)cc(-c2ccnc3[nH]c(-c4n[nH]c5cnc(-c6cnccn6)cc45)cc23)c1. The van der Waals surface area contributed by atoms with E-state index in [0.717, 1.165) is 28.1 Å². The average molecular weight is 515 g/mol. The molecule has 0 aliphatic rings. The van der Waals surface area contributed by atoms with Gasteiger partial charge in [-0.25, -0.2) is 22.5 Å². The van der Waals surface area contributed by atoms with Crippen molar-refractivity contribution in [1.29, 1.82) is 0 Å². The van der Waals surface area contributed by atoms with Crippen molar-refractivity contribution < 1.29 is 12.8 Å². The van der Waals surface area contributed by atoms with Gasteiger partial charge in [0.15, 0.2) is 0 Å². The molecule has 0 spiro atoms. The monoisotopic (exact) mass is 514 g/mol. The van der Waals surface area contributed by atoms with E-state index in [1.54, 1.807) is 43.1 Å². The number of nitrogens with one attached hydrogen (secondary N) is 3. The van der Waals surface area contributed by atoms with Crippen molar-refractivity contribution in [2.45, 2.75) is 6.54 Å². The molecular weight excluding hydrogens is 495 g/mol. The van der Waals surface area contributed by atoms with Crippen molar-refractivity contribution in [2.75, 3.05) is 6.26 Å². The summed E-state index contributed by atoms with van der Waals surface area (Å²) in [5.41, 5.74) is 5.89. The lowest BCUT2D eigenvalue weighted by molar-refractivity contribution is 0.586. The van der Waals surface area contributed by atoms with Crippen LogP contribution in [-0.2, 0) is 16.6 Å². The molecule has 184 valence electrons. The number of pyridine rings is 2. The first kappa shape index (κ1) is 22.9. The molecule has 0 aliphatic heterocycles. The third-order valence-electron chi connectivity index (χ3n) is 5.87. The smallest absolute Gasteiger partial charge is 0.209 e. The van der Waals surface area contributed by atoms with Gasteiger partial charge in [-0.1, -0.05) is 0 Å². The second-order valence-corrected chi connectivity index (χ2v) is 10.4. The maximum absolute atomic E-state index is 14.5. The molecule has 0 radical (unpaired) electrons. The van der Waals surface area contributed by atoms with Gasteiger partial charge in [-0.2, -0.15) is 5.10 Å². The number of halogens is 1. The zero-order valence-electron chi connectivity index (χ0n) is 19.4. The number of aromatic amines is 2. The van der Waals surface area contributed by atoms with E-state index in [0.29, 0.717) is 39.5 Å². The summed E-state index contributed by atoms with van der Waals surface area (Å²) >= 11 is 0. The fraction of sp³-hybridized carbons (Fsp3) is 0.0800. The number of aromatic nitrogens is 7. The maximum Gasteiger partial charge on any atom is 0.209 e. The van der Waals surface area contributed by atoms with Crippen LogP contribution in [0, 0.1) is 5.82 Å². The summed E-state index contributed by atoms with van der Waals surface area (Å²) in [6.45, 7) is -0.0162. The molecule has 10 nitrogen and oxygen atoms in total. The number of fused-ring (bicyclic) bond motifs is 2. The van der Waals surface area contributed by atoms with E-state index in [2.05, 4.69) is 39.8 Å². The predicted octanol–water partition coefficient (Wildman–Crippen LogP) is 3.81. The minimum atomic E-state index is -3.42. The quantitative estimate of drug-likeness (QED) is 0.307. The first-order valence-electron chi connectivity index (χ1n) is 11.2. The summed E-state index contributed by atoms with van der Waals surface area (Å²) in [4.78, 5) is 20.6. The van der Waals surface area contributed by atoms with Gasteiger partial charge in [0.05, 0.1) is 35.6 Å². The van der Waals surface area contributed by atoms with Crippen LogP contribution in [0.25, 0.3) is 55.8 Å². The molecular formula is C25H19FN8O2S. The lowest BCUT2D eigenvalue weighted by Gasteiger charge is -2.08. The first-order chi connectivity index (χ1) is 17.8. The highest BCUT2D eigenvalue weighted by Gasteiger charge is 2.16. The van der Waals surface area contributed by atoms with Crippen LogP contribution in [0.5, 0.6) is 0 Å². The Morgan fingerprint density at radius 2 is 1.84 bits per heavy atom. The minimum absolute atomic E-state index is 0.0162. The average Bonchev–Trinajstić information content (AvgIpc) is 3.51. The fourth-order valence-corrected chi connectivity index (χ4v) is 4.65. The number of benzene rings is 1. The topological polar surface area (TPSA) is 142 Å². The molecule has 0 atom stereocenters. The molecule has 0 fully saturated rings. The van der Waals surface area contributed by atoms with Gasteiger partial charge >= 0.3 is 0 Å². The summed E-state index contributed by atoms with van der Waals surface area (Å²) in [5, 5.41) is 9.10. The summed E-state index contributed by atoms with van der Waals surface area (Å²) in [6.07, 6.45) is 9.25. The van der Waals surface area contributed by atoms with Crippen molar-refractivity contribution in [2.24, 2.45) is 0 Å². The molecule has 0 saturated heterocycles. The molecule has 1 aromatic carbocycles. The first-order valence-corrected chi connectivity index (χ1v) is 13.1. The van der Waals surface area contributed by atoms with Crippen LogP contribution in [0.2, 0.25) is 0 Å². The molecule has 5 aromatic heterocycles. The number of hydrogen-bond donors (Lipinski definition) is 3. The number of sulfonamides is 1. The van der Waals surface area contributed by atoms with Crippen LogP contribution in [0.1, 0.15) is 5.56 Å². The van der Waals surface area contributed by atoms with Gasteiger partial charge in [-0.3, -0.25) is 20.1 Å². The second-order valence-electron chi connectivity index (χ2n) is 8.52. The van der Waals surface area contributed by atoms with E-state index in [9.17, 15) is 12.8 Å². The predicted molar refractivity (Wildman–Crippen MR) is 137 cm³/mol. The van der Waals surface area contributed by atoms with Crippen LogP contribution < -0.4 is 4.72 Å². The van der Waals surface area contributed by atoms with Gasteiger partial charge in [-0.05, 0) is 53.1 Å². The molecule has 0 amide bonds. The van der Waals surface area contributed by atoms with Crippen LogP contribution >= 0.6 is 0 Å². The maximum atomic E-state index is 14.5. The normalized spacial score (nSPS) is 11.9. The Balaban J connectivity index is 1.44. The standard InChI is InChI=1S/C25H19FN8O2S/c1-37(35,36)31-11-14-6-15(8-16(26)7-14)17-2-3-29-25-18(17)9-21(32-25)24-19-10-20(23-12-27-4-5-28-23)30-13-22(19)33-34-24/h2-10,12-13,31H,11H2,1H3,(H,29,32)(H,33,34). The summed E-state index contributed by atoms with van der Waals surface area (Å²) < 4.78 is 39.9. The number of nitrogens with zero attached hydrogens (tertiary/aromatic N) is 5. The Morgan fingerprint density at radius 3 is 2.65 bits per heavy atom. The third-order valence-corrected chi connectivity index (χ3v) is 6.54. The Bertz CT molecular complexity index is 1880. The lowest BCUT2D eigenvalue weighted by atomic mass is 10.0. The van der Waals surface area contributed by atoms with Crippen molar-refractivity contribution in [3.63, 3.8) is 0 Å². The Labute approximate surface area is 210 Å². The van der Waals surface area contributed by atoms with Gasteiger partial charge in [0.1, 0.15) is 22.9 Å². The Kier molecular flexibility index (Phi) is 5.46. The summed E-state index contributed by atoms with van der Waals surface area (Å²) in [5.74, 6) is -0.467. The minimum Gasteiger partial charge on any atom is -0.338 e. The van der Waals surface area contributed by atoms with Gasteiger partial charge < -0.3 is 4.98 Å². The highest BCUT2D eigenvalue weighted by molar-refractivity contribution is 7.88. The zero-order chi connectivity index (χ0) is 25.6. The van der Waals surface area contributed by atoms with Gasteiger partial charge in [0.2, 0.25) is 10.0 Å². The Hall–Kier alpha value is -4.55. The number of rotatable bonds is 6. The van der Waals surface area contributed by atoms with Crippen molar-refractivity contribution in [3.8, 4) is 33.9 Å². The lowest BCUT2D eigenvalue weighted by Crippen LogP contribution is -2.21. The zero-order valence-corrected chi connectivity index (χ0v) is 20.2. The molecule has 37 heavy (non-hydrogen) atoms. The van der Waals surface area contributed by atoms with Crippen molar-refractivity contribution in [3.05, 3.63) is 78.8 Å². The highest BCUT2D eigenvalue weighted by Crippen LogP contribution is 2.34.